The molecule has 0 bridgehead atoms. The summed E-state index contributed by atoms with van der Waals surface area (Å²) < 4.78 is 5.76. The van der Waals surface area contributed by atoms with Crippen LogP contribution in [0.2, 0.25) is 5.02 Å². The Morgan fingerprint density at radius 1 is 0.800 bits per heavy atom. The van der Waals surface area contributed by atoms with Crippen LogP contribution in [0.4, 0.5) is 0 Å². The van der Waals surface area contributed by atoms with Crippen LogP contribution in [-0.4, -0.2) is 39.3 Å². The number of hydrogen-bond donors (Lipinski definition) is 2. The number of halogens is 1. The molecular formula is C21H29ClN2O+2. The lowest BCUT2D eigenvalue weighted by Crippen LogP contribution is -3.27. The van der Waals surface area contributed by atoms with E-state index in [1.165, 1.54) is 51.3 Å². The molecule has 0 radical (unpaired) electrons. The predicted molar refractivity (Wildman–Crippen MR) is 103 cm³/mol. The van der Waals surface area contributed by atoms with Gasteiger partial charge in [-0.1, -0.05) is 41.9 Å². The highest BCUT2D eigenvalue weighted by Crippen LogP contribution is 2.15. The van der Waals surface area contributed by atoms with Crippen molar-refractivity contribution in [2.45, 2.75) is 19.4 Å². The van der Waals surface area contributed by atoms with E-state index in [1.54, 1.807) is 9.80 Å². The minimum absolute atomic E-state index is 0.754. The van der Waals surface area contributed by atoms with Crippen LogP contribution >= 0.6 is 11.6 Å². The van der Waals surface area contributed by atoms with Gasteiger partial charge in [-0.3, -0.25) is 0 Å². The van der Waals surface area contributed by atoms with Crippen LogP contribution in [0.25, 0.3) is 0 Å². The molecule has 1 aliphatic rings. The second-order valence-corrected chi connectivity index (χ2v) is 7.36. The molecule has 1 fully saturated rings. The molecule has 0 saturated carbocycles. The summed E-state index contributed by atoms with van der Waals surface area (Å²) in [5, 5.41) is 0.754. The smallest absolute Gasteiger partial charge is 0.127 e. The third-order valence-electron chi connectivity index (χ3n) is 4.97. The van der Waals surface area contributed by atoms with Crippen molar-refractivity contribution in [2.75, 3.05) is 39.3 Å². The van der Waals surface area contributed by atoms with Gasteiger partial charge >= 0.3 is 0 Å². The Hall–Kier alpha value is -1.55. The van der Waals surface area contributed by atoms with Crippen molar-refractivity contribution < 1.29 is 14.5 Å². The van der Waals surface area contributed by atoms with E-state index in [1.807, 2.05) is 24.3 Å². The Balaban J connectivity index is 1.26. The molecule has 0 aliphatic carbocycles. The van der Waals surface area contributed by atoms with Crippen LogP contribution in [0, 0.1) is 0 Å². The predicted octanol–water partition coefficient (Wildman–Crippen LogP) is 1.48. The summed E-state index contributed by atoms with van der Waals surface area (Å²) in [7, 11) is 0. The first-order valence-electron chi connectivity index (χ1n) is 9.39. The topological polar surface area (TPSA) is 18.1 Å². The molecule has 0 unspecified atom stereocenters. The van der Waals surface area contributed by atoms with E-state index in [0.717, 1.165) is 23.8 Å². The summed E-state index contributed by atoms with van der Waals surface area (Å²) in [6, 6.07) is 18.5. The Labute approximate surface area is 156 Å². The van der Waals surface area contributed by atoms with E-state index < -0.39 is 0 Å². The van der Waals surface area contributed by atoms with E-state index in [9.17, 15) is 0 Å². The van der Waals surface area contributed by atoms with Gasteiger partial charge in [0.2, 0.25) is 0 Å². The molecule has 0 amide bonds. The van der Waals surface area contributed by atoms with Crippen molar-refractivity contribution in [1.82, 2.24) is 0 Å². The highest BCUT2D eigenvalue weighted by Gasteiger charge is 2.22. The zero-order valence-electron chi connectivity index (χ0n) is 14.8. The number of nitrogens with one attached hydrogen (secondary N) is 2. The molecule has 1 aliphatic heterocycles. The maximum Gasteiger partial charge on any atom is 0.127 e. The van der Waals surface area contributed by atoms with Crippen LogP contribution in [-0.2, 0) is 6.54 Å². The lowest BCUT2D eigenvalue weighted by molar-refractivity contribution is -1.02. The Morgan fingerprint density at radius 3 is 2.20 bits per heavy atom. The highest BCUT2D eigenvalue weighted by molar-refractivity contribution is 6.30. The lowest BCUT2D eigenvalue weighted by atomic mass is 10.2. The number of hydrogen-bond acceptors (Lipinski definition) is 1. The van der Waals surface area contributed by atoms with Crippen molar-refractivity contribution in [3.05, 3.63) is 65.2 Å². The van der Waals surface area contributed by atoms with E-state index >= 15 is 0 Å². The number of unbranched alkanes of at least 4 members (excludes halogenated alkanes) is 1. The van der Waals surface area contributed by atoms with Gasteiger partial charge in [-0.25, -0.2) is 0 Å². The monoisotopic (exact) mass is 360 g/mol. The van der Waals surface area contributed by atoms with Crippen LogP contribution in [0.1, 0.15) is 18.4 Å². The molecule has 1 heterocycles. The zero-order valence-corrected chi connectivity index (χ0v) is 15.6. The first-order chi connectivity index (χ1) is 12.3. The van der Waals surface area contributed by atoms with E-state index in [0.29, 0.717) is 0 Å². The summed E-state index contributed by atoms with van der Waals surface area (Å²) in [5.41, 5.74) is 1.46. The summed E-state index contributed by atoms with van der Waals surface area (Å²) in [5.74, 6) is 0.912. The molecule has 0 spiro atoms. The van der Waals surface area contributed by atoms with Gasteiger partial charge in [0.15, 0.2) is 0 Å². The molecular weight excluding hydrogens is 332 g/mol. The fourth-order valence-electron chi connectivity index (χ4n) is 3.47. The normalized spacial score (nSPS) is 20.4. The van der Waals surface area contributed by atoms with E-state index in [4.69, 9.17) is 16.3 Å². The van der Waals surface area contributed by atoms with Gasteiger partial charge < -0.3 is 14.5 Å². The minimum atomic E-state index is 0.754. The summed E-state index contributed by atoms with van der Waals surface area (Å²) >= 11 is 5.88. The number of ether oxygens (including phenoxy) is 1. The second kappa shape index (κ2) is 9.81. The number of piperazine rings is 1. The van der Waals surface area contributed by atoms with Crippen molar-refractivity contribution >= 4 is 11.6 Å². The molecule has 2 aromatic rings. The van der Waals surface area contributed by atoms with Gasteiger partial charge in [0.25, 0.3) is 0 Å². The van der Waals surface area contributed by atoms with Gasteiger partial charge in [0.1, 0.15) is 38.5 Å². The third kappa shape index (κ3) is 6.35. The number of quaternary nitrogens is 2. The molecule has 2 aromatic carbocycles. The Morgan fingerprint density at radius 2 is 1.48 bits per heavy atom. The lowest BCUT2D eigenvalue weighted by Gasteiger charge is -2.29. The fourth-order valence-corrected chi connectivity index (χ4v) is 3.59. The zero-order chi connectivity index (χ0) is 17.3. The molecule has 25 heavy (non-hydrogen) atoms. The number of benzene rings is 2. The number of rotatable bonds is 8. The molecule has 3 nitrogen and oxygen atoms in total. The summed E-state index contributed by atoms with van der Waals surface area (Å²) in [6.45, 7) is 8.38. The molecule has 4 heteroatoms. The fraction of sp³-hybridized carbons (Fsp3) is 0.429. The molecule has 2 N–H and O–H groups in total. The summed E-state index contributed by atoms with van der Waals surface area (Å²) in [6.07, 6.45) is 2.35. The SMILES string of the molecule is Clc1ccc(OCCCC[NH+]2CC[NH+](Cc3ccccc3)CC2)cc1. The first-order valence-corrected chi connectivity index (χ1v) is 9.77. The van der Waals surface area contributed by atoms with Gasteiger partial charge in [0, 0.05) is 10.6 Å². The first kappa shape index (κ1) is 18.2. The van der Waals surface area contributed by atoms with Gasteiger partial charge in [-0.2, -0.15) is 0 Å². The highest BCUT2D eigenvalue weighted by atomic mass is 35.5. The van der Waals surface area contributed by atoms with Crippen LogP contribution in [0.3, 0.4) is 0 Å². The van der Waals surface area contributed by atoms with Crippen molar-refractivity contribution in [1.29, 1.82) is 0 Å². The third-order valence-corrected chi connectivity index (χ3v) is 5.22. The molecule has 134 valence electrons. The van der Waals surface area contributed by atoms with Crippen LogP contribution in [0.15, 0.2) is 54.6 Å². The quantitative estimate of drug-likeness (QED) is 0.682. The summed E-state index contributed by atoms with van der Waals surface area (Å²) in [4.78, 5) is 3.48. The van der Waals surface area contributed by atoms with Crippen LogP contribution in [0.5, 0.6) is 5.75 Å². The molecule has 0 atom stereocenters. The maximum atomic E-state index is 5.88. The molecule has 3 rings (SSSR count). The van der Waals surface area contributed by atoms with Gasteiger partial charge in [-0.15, -0.1) is 0 Å². The van der Waals surface area contributed by atoms with Crippen molar-refractivity contribution in [2.24, 2.45) is 0 Å². The van der Waals surface area contributed by atoms with Crippen LogP contribution < -0.4 is 14.5 Å². The average Bonchev–Trinajstić information content (AvgIpc) is 2.65. The Bertz CT molecular complexity index is 610. The standard InChI is InChI=1S/C21H27ClN2O/c22-20-8-10-21(11-9-20)25-17-5-4-12-23-13-15-24(16-14-23)18-19-6-2-1-3-7-19/h1-3,6-11H,4-5,12-18H2/p+2. The van der Waals surface area contributed by atoms with Crippen molar-refractivity contribution in [3.8, 4) is 5.75 Å². The second-order valence-electron chi connectivity index (χ2n) is 6.92. The van der Waals surface area contributed by atoms with E-state index in [-0.39, 0.29) is 0 Å². The Kier molecular flexibility index (Phi) is 7.16. The molecule has 1 saturated heterocycles. The van der Waals surface area contributed by atoms with Crippen molar-refractivity contribution in [3.63, 3.8) is 0 Å². The van der Waals surface area contributed by atoms with Gasteiger partial charge in [-0.05, 0) is 37.1 Å². The van der Waals surface area contributed by atoms with E-state index in [2.05, 4.69) is 30.3 Å². The average molecular weight is 361 g/mol. The molecule has 0 aromatic heterocycles. The maximum absolute atomic E-state index is 5.88. The van der Waals surface area contributed by atoms with Gasteiger partial charge in [0.05, 0.1) is 13.2 Å². The minimum Gasteiger partial charge on any atom is -0.494 e. The largest absolute Gasteiger partial charge is 0.494 e.